The highest BCUT2D eigenvalue weighted by molar-refractivity contribution is 5.89. The van der Waals surface area contributed by atoms with Crippen LogP contribution < -0.4 is 0 Å². The van der Waals surface area contributed by atoms with Crippen LogP contribution in [0.3, 0.4) is 0 Å². The molecule has 1 aliphatic rings. The summed E-state index contributed by atoms with van der Waals surface area (Å²) in [5.41, 5.74) is 3.68. The van der Waals surface area contributed by atoms with E-state index in [4.69, 9.17) is 4.74 Å². The van der Waals surface area contributed by atoms with Crippen LogP contribution in [0.4, 0.5) is 0 Å². The topological polar surface area (TPSA) is 58.2 Å². The number of aromatic amines is 1. The number of carbonyl (C=O) groups is 1. The lowest BCUT2D eigenvalue weighted by atomic mass is 10.2. The molecule has 0 unspecified atom stereocenters. The van der Waals surface area contributed by atoms with Gasteiger partial charge in [0.15, 0.2) is 5.69 Å². The van der Waals surface area contributed by atoms with Crippen molar-refractivity contribution >= 4 is 5.97 Å². The molecule has 0 atom stereocenters. The molecule has 5 nitrogen and oxygen atoms in total. The number of H-pyrrole nitrogens is 1. The smallest absolute Gasteiger partial charge is 0.359 e. The number of fused-ring (bicyclic) bond motifs is 1. The maximum Gasteiger partial charge on any atom is 0.359 e. The molecule has 104 valence electrons. The van der Waals surface area contributed by atoms with Crippen molar-refractivity contribution in [3.8, 4) is 0 Å². The van der Waals surface area contributed by atoms with E-state index in [0.29, 0.717) is 12.3 Å². The van der Waals surface area contributed by atoms with Crippen molar-refractivity contribution in [1.82, 2.24) is 15.1 Å². The van der Waals surface area contributed by atoms with Gasteiger partial charge in [-0.2, -0.15) is 5.10 Å². The Morgan fingerprint density at radius 3 is 2.90 bits per heavy atom. The molecule has 0 spiro atoms. The van der Waals surface area contributed by atoms with Gasteiger partial charge >= 0.3 is 5.97 Å². The largest absolute Gasteiger partial charge is 0.461 e. The number of hydrogen-bond acceptors (Lipinski definition) is 4. The normalized spacial score (nSPS) is 14.2. The van der Waals surface area contributed by atoms with Crippen LogP contribution >= 0.6 is 0 Å². The van der Waals surface area contributed by atoms with E-state index in [2.05, 4.69) is 27.2 Å². The van der Waals surface area contributed by atoms with Crippen LogP contribution in [0.15, 0.2) is 30.3 Å². The Bertz CT molecular complexity index is 607. The molecule has 20 heavy (non-hydrogen) atoms. The van der Waals surface area contributed by atoms with Crippen LogP contribution in [0.2, 0.25) is 0 Å². The number of rotatable bonds is 4. The fraction of sp³-hybridized carbons (Fsp3) is 0.333. The van der Waals surface area contributed by atoms with Gasteiger partial charge in [-0.05, 0) is 12.5 Å². The van der Waals surface area contributed by atoms with Crippen LogP contribution in [-0.2, 0) is 24.4 Å². The summed E-state index contributed by atoms with van der Waals surface area (Å²) in [5, 5.41) is 7.02. The Morgan fingerprint density at radius 1 is 1.35 bits per heavy atom. The Kier molecular flexibility index (Phi) is 3.52. The van der Waals surface area contributed by atoms with Gasteiger partial charge in [-0.25, -0.2) is 4.79 Å². The first-order valence-corrected chi connectivity index (χ1v) is 6.77. The minimum atomic E-state index is -0.341. The number of aromatic nitrogens is 2. The number of esters is 1. The molecule has 0 radical (unpaired) electrons. The molecule has 1 aromatic heterocycles. The van der Waals surface area contributed by atoms with Gasteiger partial charge in [0.25, 0.3) is 0 Å². The zero-order chi connectivity index (χ0) is 13.9. The van der Waals surface area contributed by atoms with Crippen molar-refractivity contribution in [3.63, 3.8) is 0 Å². The second kappa shape index (κ2) is 5.46. The molecule has 2 heterocycles. The molecule has 0 fully saturated rings. The van der Waals surface area contributed by atoms with E-state index in [-0.39, 0.29) is 5.97 Å². The molecule has 3 rings (SSSR count). The van der Waals surface area contributed by atoms with Crippen molar-refractivity contribution in [2.75, 3.05) is 6.61 Å². The number of carbonyl (C=O) groups excluding carboxylic acids is 1. The van der Waals surface area contributed by atoms with Gasteiger partial charge in [-0.1, -0.05) is 30.3 Å². The fourth-order valence-electron chi connectivity index (χ4n) is 2.53. The summed E-state index contributed by atoms with van der Waals surface area (Å²) >= 11 is 0. The van der Waals surface area contributed by atoms with Gasteiger partial charge in [-0.3, -0.25) is 10.00 Å². The molecule has 2 aromatic rings. The van der Waals surface area contributed by atoms with Crippen molar-refractivity contribution < 1.29 is 9.53 Å². The highest BCUT2D eigenvalue weighted by atomic mass is 16.5. The van der Waals surface area contributed by atoms with Gasteiger partial charge in [-0.15, -0.1) is 0 Å². The zero-order valence-corrected chi connectivity index (χ0v) is 11.4. The zero-order valence-electron chi connectivity index (χ0n) is 11.4. The molecule has 0 aliphatic carbocycles. The number of nitrogens with zero attached hydrogens (tertiary/aromatic N) is 2. The third kappa shape index (κ3) is 2.44. The predicted octanol–water partition coefficient (Wildman–Crippen LogP) is 2.10. The molecular weight excluding hydrogens is 254 g/mol. The Labute approximate surface area is 117 Å². The Hall–Kier alpha value is -2.14. The highest BCUT2D eigenvalue weighted by Gasteiger charge is 2.28. The van der Waals surface area contributed by atoms with Crippen molar-refractivity contribution in [2.45, 2.75) is 26.6 Å². The van der Waals surface area contributed by atoms with Crippen molar-refractivity contribution in [1.29, 1.82) is 0 Å². The molecular formula is C15H17N3O2. The van der Waals surface area contributed by atoms with E-state index in [1.54, 1.807) is 6.92 Å². The molecule has 0 saturated heterocycles. The first-order chi connectivity index (χ1) is 9.78. The number of benzene rings is 1. The molecule has 0 saturated carbocycles. The molecule has 0 bridgehead atoms. The van der Waals surface area contributed by atoms with E-state index in [1.165, 1.54) is 5.56 Å². The SMILES string of the molecule is CCOC(=O)c1n[nH]c2c1CN(Cc1ccccc1)C2. The van der Waals surface area contributed by atoms with Gasteiger partial charge < -0.3 is 4.74 Å². The number of ether oxygens (including phenoxy) is 1. The summed E-state index contributed by atoms with van der Waals surface area (Å²) < 4.78 is 5.03. The average Bonchev–Trinajstić information content (AvgIpc) is 2.99. The third-order valence-corrected chi connectivity index (χ3v) is 3.43. The van der Waals surface area contributed by atoms with E-state index in [0.717, 1.165) is 30.9 Å². The van der Waals surface area contributed by atoms with E-state index in [1.807, 2.05) is 18.2 Å². The third-order valence-electron chi connectivity index (χ3n) is 3.43. The summed E-state index contributed by atoms with van der Waals surface area (Å²) in [6.45, 7) is 4.55. The maximum absolute atomic E-state index is 11.8. The number of hydrogen-bond donors (Lipinski definition) is 1. The predicted molar refractivity (Wildman–Crippen MR) is 73.9 cm³/mol. The molecule has 1 aromatic carbocycles. The summed E-state index contributed by atoms with van der Waals surface area (Å²) in [4.78, 5) is 14.1. The van der Waals surface area contributed by atoms with Gasteiger partial charge in [0, 0.05) is 25.2 Å². The first-order valence-electron chi connectivity index (χ1n) is 6.77. The quantitative estimate of drug-likeness (QED) is 0.865. The minimum Gasteiger partial charge on any atom is -0.461 e. The standard InChI is InChI=1S/C15H17N3O2/c1-2-20-15(19)14-12-9-18(10-13(12)16-17-14)8-11-6-4-3-5-7-11/h3-7H,2,8-10H2,1H3,(H,16,17). The summed E-state index contributed by atoms with van der Waals surface area (Å²) in [7, 11) is 0. The molecule has 0 amide bonds. The van der Waals surface area contributed by atoms with Gasteiger partial charge in [0.05, 0.1) is 12.3 Å². The second-order valence-electron chi connectivity index (χ2n) is 4.88. The lowest BCUT2D eigenvalue weighted by Crippen LogP contribution is -2.17. The van der Waals surface area contributed by atoms with Gasteiger partial charge in [0.1, 0.15) is 0 Å². The summed E-state index contributed by atoms with van der Waals surface area (Å²) in [6, 6.07) is 10.3. The molecule has 1 N–H and O–H groups in total. The molecule has 5 heteroatoms. The van der Waals surface area contributed by atoms with Crippen molar-refractivity contribution in [2.24, 2.45) is 0 Å². The van der Waals surface area contributed by atoms with Crippen molar-refractivity contribution in [3.05, 3.63) is 52.8 Å². The Balaban J connectivity index is 1.71. The average molecular weight is 271 g/mol. The highest BCUT2D eigenvalue weighted by Crippen LogP contribution is 2.25. The van der Waals surface area contributed by atoms with Crippen LogP contribution in [-0.4, -0.2) is 27.7 Å². The maximum atomic E-state index is 11.8. The molecule has 1 aliphatic heterocycles. The van der Waals surface area contributed by atoms with E-state index >= 15 is 0 Å². The first kappa shape index (κ1) is 12.9. The van der Waals surface area contributed by atoms with Crippen LogP contribution in [0.25, 0.3) is 0 Å². The summed E-state index contributed by atoms with van der Waals surface area (Å²) in [5.74, 6) is -0.341. The van der Waals surface area contributed by atoms with E-state index < -0.39 is 0 Å². The monoisotopic (exact) mass is 271 g/mol. The van der Waals surface area contributed by atoms with Crippen LogP contribution in [0, 0.1) is 0 Å². The minimum absolute atomic E-state index is 0.341. The lowest BCUT2D eigenvalue weighted by Gasteiger charge is -2.14. The number of nitrogens with one attached hydrogen (secondary N) is 1. The van der Waals surface area contributed by atoms with Crippen LogP contribution in [0.5, 0.6) is 0 Å². The summed E-state index contributed by atoms with van der Waals surface area (Å²) in [6.07, 6.45) is 0. The van der Waals surface area contributed by atoms with Gasteiger partial charge in [0.2, 0.25) is 0 Å². The fourth-order valence-corrected chi connectivity index (χ4v) is 2.53. The lowest BCUT2D eigenvalue weighted by molar-refractivity contribution is 0.0517. The second-order valence-corrected chi connectivity index (χ2v) is 4.88. The van der Waals surface area contributed by atoms with Crippen LogP contribution in [0.1, 0.15) is 34.2 Å². The van der Waals surface area contributed by atoms with E-state index in [9.17, 15) is 4.79 Å². The Morgan fingerprint density at radius 2 is 2.15 bits per heavy atom.